The molecular formula is C20H20F3NO2. The summed E-state index contributed by atoms with van der Waals surface area (Å²) in [6, 6.07) is 14.9. The Kier molecular flexibility index (Phi) is 5.32. The van der Waals surface area contributed by atoms with Gasteiger partial charge in [0.15, 0.2) is 0 Å². The number of carbonyl (C=O) groups is 1. The number of benzene rings is 2. The van der Waals surface area contributed by atoms with Gasteiger partial charge in [0, 0.05) is 25.6 Å². The summed E-state index contributed by atoms with van der Waals surface area (Å²) in [6.07, 6.45) is -3.66. The summed E-state index contributed by atoms with van der Waals surface area (Å²) in [7, 11) is 0. The summed E-state index contributed by atoms with van der Waals surface area (Å²) in [5, 5.41) is 9.09. The lowest BCUT2D eigenvalue weighted by Crippen LogP contribution is -2.24. The molecule has 0 bridgehead atoms. The first-order valence-electron chi connectivity index (χ1n) is 8.50. The van der Waals surface area contributed by atoms with Crippen molar-refractivity contribution in [1.29, 1.82) is 0 Å². The minimum Gasteiger partial charge on any atom is -0.481 e. The molecule has 138 valence electrons. The molecular weight excluding hydrogens is 343 g/mol. The molecule has 1 aliphatic rings. The van der Waals surface area contributed by atoms with Crippen molar-refractivity contribution in [3.8, 4) is 0 Å². The van der Waals surface area contributed by atoms with Crippen LogP contribution in [0.3, 0.4) is 0 Å². The monoisotopic (exact) mass is 363 g/mol. The van der Waals surface area contributed by atoms with Gasteiger partial charge in [-0.3, -0.25) is 9.69 Å². The number of aliphatic carboxylic acids is 1. The van der Waals surface area contributed by atoms with E-state index in [0.29, 0.717) is 19.5 Å². The van der Waals surface area contributed by atoms with Crippen molar-refractivity contribution in [2.75, 3.05) is 6.54 Å². The van der Waals surface area contributed by atoms with E-state index in [9.17, 15) is 18.0 Å². The van der Waals surface area contributed by atoms with Gasteiger partial charge in [0.1, 0.15) is 0 Å². The van der Waals surface area contributed by atoms with Gasteiger partial charge < -0.3 is 5.11 Å². The molecule has 3 rings (SSSR count). The zero-order valence-corrected chi connectivity index (χ0v) is 14.1. The molecule has 0 saturated carbocycles. The molecule has 1 heterocycles. The molecule has 0 unspecified atom stereocenters. The van der Waals surface area contributed by atoms with Crippen molar-refractivity contribution in [2.24, 2.45) is 5.92 Å². The Bertz CT molecular complexity index is 744. The lowest BCUT2D eigenvalue weighted by molar-refractivity contribution is -0.138. The van der Waals surface area contributed by atoms with Crippen molar-refractivity contribution in [2.45, 2.75) is 31.6 Å². The zero-order valence-electron chi connectivity index (χ0n) is 14.1. The van der Waals surface area contributed by atoms with Gasteiger partial charge >= 0.3 is 12.1 Å². The van der Waals surface area contributed by atoms with E-state index in [1.807, 2.05) is 30.3 Å². The second-order valence-electron chi connectivity index (χ2n) is 6.75. The largest absolute Gasteiger partial charge is 0.481 e. The van der Waals surface area contributed by atoms with E-state index >= 15 is 0 Å². The average molecular weight is 363 g/mol. The Labute approximate surface area is 150 Å². The highest BCUT2D eigenvalue weighted by Gasteiger charge is 2.35. The van der Waals surface area contributed by atoms with Crippen LogP contribution in [0.25, 0.3) is 0 Å². The molecule has 0 spiro atoms. The van der Waals surface area contributed by atoms with Crippen molar-refractivity contribution in [1.82, 2.24) is 4.90 Å². The maximum atomic E-state index is 12.8. The van der Waals surface area contributed by atoms with Crippen molar-refractivity contribution in [3.05, 3.63) is 71.3 Å². The van der Waals surface area contributed by atoms with Crippen LogP contribution in [-0.2, 0) is 17.5 Å². The summed E-state index contributed by atoms with van der Waals surface area (Å²) >= 11 is 0. The number of likely N-dealkylation sites (tertiary alicyclic amines) is 1. The van der Waals surface area contributed by atoms with Crippen LogP contribution in [0.4, 0.5) is 13.2 Å². The smallest absolute Gasteiger partial charge is 0.416 e. The highest BCUT2D eigenvalue weighted by molar-refractivity contribution is 5.67. The molecule has 2 aromatic rings. The fourth-order valence-corrected chi connectivity index (χ4v) is 3.63. The molecule has 0 aromatic heterocycles. The van der Waals surface area contributed by atoms with E-state index in [0.717, 1.165) is 23.3 Å². The molecule has 0 radical (unpaired) electrons. The molecule has 26 heavy (non-hydrogen) atoms. The Hall–Kier alpha value is -2.34. The highest BCUT2D eigenvalue weighted by Crippen LogP contribution is 2.39. The third-order valence-corrected chi connectivity index (χ3v) is 4.80. The van der Waals surface area contributed by atoms with Crippen LogP contribution < -0.4 is 0 Å². The molecule has 2 aromatic carbocycles. The number of halogens is 3. The maximum absolute atomic E-state index is 12.8. The number of rotatable bonds is 5. The van der Waals surface area contributed by atoms with Crippen LogP contribution in [0.15, 0.2) is 54.6 Å². The quantitative estimate of drug-likeness (QED) is 0.834. The first-order chi connectivity index (χ1) is 12.3. The van der Waals surface area contributed by atoms with Gasteiger partial charge in [-0.1, -0.05) is 42.5 Å². The summed E-state index contributed by atoms with van der Waals surface area (Å²) in [4.78, 5) is 13.2. The minimum absolute atomic E-state index is 0.0106. The molecule has 1 saturated heterocycles. The number of hydrogen-bond acceptors (Lipinski definition) is 2. The number of hydrogen-bond donors (Lipinski definition) is 1. The average Bonchev–Trinajstić information content (AvgIpc) is 2.96. The first-order valence-corrected chi connectivity index (χ1v) is 8.50. The van der Waals surface area contributed by atoms with Crippen LogP contribution in [0.2, 0.25) is 0 Å². The van der Waals surface area contributed by atoms with Crippen LogP contribution in [0.1, 0.15) is 35.6 Å². The standard InChI is InChI=1S/C20H20F3NO2/c21-20(22,23)17-8-6-16(7-9-17)18-10-15(11-19(25)26)13-24(18)12-14-4-2-1-3-5-14/h1-9,15,18H,10-13H2,(H,25,26)/t15-,18+/m0/s1. The van der Waals surface area contributed by atoms with Crippen LogP contribution in [-0.4, -0.2) is 22.5 Å². The number of carboxylic acid groups (broad SMARTS) is 1. The normalized spacial score (nSPS) is 21.0. The minimum atomic E-state index is -4.36. The Morgan fingerprint density at radius 3 is 2.31 bits per heavy atom. The third kappa shape index (κ3) is 4.43. The summed E-state index contributed by atoms with van der Waals surface area (Å²) in [5.74, 6) is -0.855. The Morgan fingerprint density at radius 1 is 1.08 bits per heavy atom. The lowest BCUT2D eigenvalue weighted by atomic mass is 9.97. The van der Waals surface area contributed by atoms with Crippen molar-refractivity contribution < 1.29 is 23.1 Å². The Morgan fingerprint density at radius 2 is 1.73 bits per heavy atom. The summed E-state index contributed by atoms with van der Waals surface area (Å²) < 4.78 is 38.4. The van der Waals surface area contributed by atoms with E-state index in [2.05, 4.69) is 4.90 Å². The van der Waals surface area contributed by atoms with Crippen molar-refractivity contribution >= 4 is 5.97 Å². The van der Waals surface area contributed by atoms with Gasteiger partial charge in [-0.25, -0.2) is 0 Å². The van der Waals surface area contributed by atoms with Gasteiger partial charge in [0.25, 0.3) is 0 Å². The van der Waals surface area contributed by atoms with Crippen LogP contribution >= 0.6 is 0 Å². The van der Waals surface area contributed by atoms with Gasteiger partial charge in [0.05, 0.1) is 5.56 Å². The highest BCUT2D eigenvalue weighted by atomic mass is 19.4. The van der Waals surface area contributed by atoms with Gasteiger partial charge in [0.2, 0.25) is 0 Å². The fraction of sp³-hybridized carbons (Fsp3) is 0.350. The number of alkyl halides is 3. The molecule has 0 aliphatic carbocycles. The molecule has 6 heteroatoms. The van der Waals surface area contributed by atoms with Gasteiger partial charge in [-0.15, -0.1) is 0 Å². The zero-order chi connectivity index (χ0) is 18.7. The number of carboxylic acids is 1. The second-order valence-corrected chi connectivity index (χ2v) is 6.75. The van der Waals surface area contributed by atoms with E-state index in [-0.39, 0.29) is 18.4 Å². The SMILES string of the molecule is O=C(O)C[C@@H]1C[C@H](c2ccc(C(F)(F)F)cc2)N(Cc2ccccc2)C1. The van der Waals surface area contributed by atoms with Gasteiger partial charge in [-0.05, 0) is 35.6 Å². The molecule has 2 atom stereocenters. The second kappa shape index (κ2) is 7.50. The summed E-state index contributed by atoms with van der Waals surface area (Å²) in [5.41, 5.74) is 1.22. The topological polar surface area (TPSA) is 40.5 Å². The molecule has 1 fully saturated rings. The van der Waals surface area contributed by atoms with E-state index in [1.54, 1.807) is 0 Å². The predicted octanol–water partition coefficient (Wildman–Crippen LogP) is 4.74. The van der Waals surface area contributed by atoms with Crippen LogP contribution in [0, 0.1) is 5.92 Å². The number of nitrogens with zero attached hydrogens (tertiary/aromatic N) is 1. The fourth-order valence-electron chi connectivity index (χ4n) is 3.63. The Balaban J connectivity index is 1.82. The molecule has 1 aliphatic heterocycles. The molecule has 3 nitrogen and oxygen atoms in total. The maximum Gasteiger partial charge on any atom is 0.416 e. The van der Waals surface area contributed by atoms with Crippen molar-refractivity contribution in [3.63, 3.8) is 0 Å². The lowest BCUT2D eigenvalue weighted by Gasteiger charge is -2.25. The van der Waals surface area contributed by atoms with Crippen LogP contribution in [0.5, 0.6) is 0 Å². The molecule has 1 N–H and O–H groups in total. The van der Waals surface area contributed by atoms with Gasteiger partial charge in [-0.2, -0.15) is 13.2 Å². The predicted molar refractivity (Wildman–Crippen MR) is 91.4 cm³/mol. The molecule has 0 amide bonds. The third-order valence-electron chi connectivity index (χ3n) is 4.80. The van der Waals surface area contributed by atoms with E-state index < -0.39 is 17.7 Å². The van der Waals surface area contributed by atoms with E-state index in [4.69, 9.17) is 5.11 Å². The van der Waals surface area contributed by atoms with E-state index in [1.165, 1.54) is 12.1 Å². The first kappa shape index (κ1) is 18.5. The summed E-state index contributed by atoms with van der Waals surface area (Å²) in [6.45, 7) is 1.26.